The summed E-state index contributed by atoms with van der Waals surface area (Å²) in [5, 5.41) is 22.8. The zero-order valence-corrected chi connectivity index (χ0v) is 35.4. The third kappa shape index (κ3) is 39.5. The van der Waals surface area contributed by atoms with E-state index >= 15 is 0 Å². The van der Waals surface area contributed by atoms with Gasteiger partial charge in [-0.1, -0.05) is 172 Å². The molecular formula is C48H87NO5. The van der Waals surface area contributed by atoms with Crippen LogP contribution in [-0.4, -0.2) is 47.4 Å². The third-order valence-corrected chi connectivity index (χ3v) is 10.1. The van der Waals surface area contributed by atoms with E-state index < -0.39 is 12.1 Å². The first kappa shape index (κ1) is 51.8. The van der Waals surface area contributed by atoms with E-state index in [0.717, 1.165) is 77.0 Å². The number of hydrogen-bond donors (Lipinski definition) is 3. The molecule has 2 atom stereocenters. The van der Waals surface area contributed by atoms with Gasteiger partial charge in [0, 0.05) is 12.8 Å². The summed E-state index contributed by atoms with van der Waals surface area (Å²) in [4.78, 5) is 24.3. The topological polar surface area (TPSA) is 95.9 Å². The number of unbranched alkanes of at least 4 members (excludes halogenated alkanes) is 24. The number of allylic oxidation sites excluding steroid dienone is 7. The summed E-state index contributed by atoms with van der Waals surface area (Å²) >= 11 is 0. The molecule has 3 N–H and O–H groups in total. The van der Waals surface area contributed by atoms with Gasteiger partial charge in [0.15, 0.2) is 0 Å². The quantitative estimate of drug-likeness (QED) is 0.0328. The van der Waals surface area contributed by atoms with Crippen LogP contribution in [0.25, 0.3) is 0 Å². The molecule has 0 spiro atoms. The molecule has 0 aromatic heterocycles. The van der Waals surface area contributed by atoms with E-state index in [1.165, 1.54) is 116 Å². The number of ether oxygens (including phenoxy) is 1. The largest absolute Gasteiger partial charge is 0.466 e. The lowest BCUT2D eigenvalue weighted by Crippen LogP contribution is -2.45. The lowest BCUT2D eigenvalue weighted by molar-refractivity contribution is -0.143. The van der Waals surface area contributed by atoms with Gasteiger partial charge in [0.25, 0.3) is 0 Å². The van der Waals surface area contributed by atoms with E-state index in [4.69, 9.17) is 4.74 Å². The maximum absolute atomic E-state index is 12.3. The summed E-state index contributed by atoms with van der Waals surface area (Å²) in [6.07, 6.45) is 52.5. The Morgan fingerprint density at radius 2 is 0.944 bits per heavy atom. The molecule has 0 aromatic rings. The fourth-order valence-electron chi connectivity index (χ4n) is 6.49. The minimum absolute atomic E-state index is 0.0438. The first-order valence-corrected chi connectivity index (χ1v) is 22.9. The Balaban J connectivity index is 3.55. The van der Waals surface area contributed by atoms with Crippen LogP contribution in [0.1, 0.15) is 219 Å². The van der Waals surface area contributed by atoms with Crippen LogP contribution in [0.2, 0.25) is 0 Å². The second-order valence-corrected chi connectivity index (χ2v) is 15.4. The highest BCUT2D eigenvalue weighted by Crippen LogP contribution is 2.13. The number of aliphatic hydroxyl groups excluding tert-OH is 2. The standard InChI is InChI=1S/C48H87NO5/c1-3-5-7-9-11-13-14-15-16-17-18-19-20-21-22-26-30-34-38-42-48(53)54-43-39-35-31-27-23-25-29-33-37-41-47(52)49-45(44-50)46(51)40-36-32-28-24-12-10-8-6-4-2/h11,13,15-16,25,29,36,40,45-46,50-51H,3-10,12,14,17-24,26-28,30-35,37-39,41-44H2,1-2H3,(H,49,52)/b13-11-,16-15-,29-25-,40-36+. The van der Waals surface area contributed by atoms with E-state index in [2.05, 4.69) is 55.6 Å². The fraction of sp³-hybridized carbons (Fsp3) is 0.792. The van der Waals surface area contributed by atoms with E-state index in [-0.39, 0.29) is 18.5 Å². The molecule has 0 bridgehead atoms. The van der Waals surface area contributed by atoms with Crippen molar-refractivity contribution in [1.82, 2.24) is 5.32 Å². The van der Waals surface area contributed by atoms with Gasteiger partial charge >= 0.3 is 5.97 Å². The minimum atomic E-state index is -0.874. The Morgan fingerprint density at radius 1 is 0.519 bits per heavy atom. The highest BCUT2D eigenvalue weighted by atomic mass is 16.5. The van der Waals surface area contributed by atoms with E-state index in [1.807, 2.05) is 6.08 Å². The highest BCUT2D eigenvalue weighted by Gasteiger charge is 2.17. The lowest BCUT2D eigenvalue weighted by atomic mass is 10.1. The van der Waals surface area contributed by atoms with Crippen molar-refractivity contribution in [3.63, 3.8) is 0 Å². The van der Waals surface area contributed by atoms with Crippen LogP contribution < -0.4 is 5.32 Å². The summed E-state index contributed by atoms with van der Waals surface area (Å²) < 4.78 is 5.43. The van der Waals surface area contributed by atoms with Crippen LogP contribution in [0.3, 0.4) is 0 Å². The van der Waals surface area contributed by atoms with Crippen LogP contribution in [0.5, 0.6) is 0 Å². The van der Waals surface area contributed by atoms with E-state index in [0.29, 0.717) is 19.4 Å². The summed E-state index contributed by atoms with van der Waals surface area (Å²) in [6.45, 7) is 4.73. The van der Waals surface area contributed by atoms with Gasteiger partial charge in [0.2, 0.25) is 5.91 Å². The SMILES string of the molecule is CCCCC/C=C\C/C=C\CCCCCCCCCCCC(=O)OCCCCCC/C=C\CCCC(=O)NC(CO)C(O)/C=C/CCCCCCCCC. The normalized spacial score (nSPS) is 13.2. The molecule has 0 rings (SSSR count). The number of carbonyl (C=O) groups is 2. The molecule has 0 radical (unpaired) electrons. The second kappa shape index (κ2) is 43.5. The number of carbonyl (C=O) groups excluding carboxylic acids is 2. The summed E-state index contributed by atoms with van der Waals surface area (Å²) in [6, 6.07) is -0.664. The molecule has 0 saturated heterocycles. The molecule has 314 valence electrons. The van der Waals surface area contributed by atoms with Crippen molar-refractivity contribution in [2.75, 3.05) is 13.2 Å². The number of amides is 1. The number of aliphatic hydroxyl groups is 2. The Bertz CT molecular complexity index is 926. The van der Waals surface area contributed by atoms with Gasteiger partial charge in [-0.2, -0.15) is 0 Å². The average molecular weight is 758 g/mol. The third-order valence-electron chi connectivity index (χ3n) is 10.1. The van der Waals surface area contributed by atoms with E-state index in [9.17, 15) is 19.8 Å². The van der Waals surface area contributed by atoms with Crippen molar-refractivity contribution < 1.29 is 24.5 Å². The number of esters is 1. The molecule has 1 amide bonds. The molecule has 54 heavy (non-hydrogen) atoms. The van der Waals surface area contributed by atoms with Gasteiger partial charge in [-0.15, -0.1) is 0 Å². The lowest BCUT2D eigenvalue weighted by Gasteiger charge is -2.19. The monoisotopic (exact) mass is 758 g/mol. The predicted octanol–water partition coefficient (Wildman–Crippen LogP) is 13.1. The molecule has 0 fully saturated rings. The van der Waals surface area contributed by atoms with Crippen LogP contribution in [0.4, 0.5) is 0 Å². The van der Waals surface area contributed by atoms with Gasteiger partial charge in [-0.3, -0.25) is 9.59 Å². The Hall–Kier alpha value is -2.18. The molecule has 0 aromatic carbocycles. The zero-order valence-electron chi connectivity index (χ0n) is 35.4. The average Bonchev–Trinajstić information content (AvgIpc) is 3.17. The van der Waals surface area contributed by atoms with Gasteiger partial charge in [-0.25, -0.2) is 0 Å². The molecule has 0 heterocycles. The molecular weight excluding hydrogens is 671 g/mol. The van der Waals surface area contributed by atoms with E-state index in [1.54, 1.807) is 6.08 Å². The second-order valence-electron chi connectivity index (χ2n) is 15.4. The van der Waals surface area contributed by atoms with Crippen molar-refractivity contribution in [3.05, 3.63) is 48.6 Å². The van der Waals surface area contributed by atoms with Gasteiger partial charge in [0.1, 0.15) is 0 Å². The fourth-order valence-corrected chi connectivity index (χ4v) is 6.49. The highest BCUT2D eigenvalue weighted by molar-refractivity contribution is 5.76. The smallest absolute Gasteiger partial charge is 0.305 e. The Labute approximate surface area is 334 Å². The molecule has 0 aliphatic heterocycles. The number of nitrogens with one attached hydrogen (secondary N) is 1. The van der Waals surface area contributed by atoms with Crippen molar-refractivity contribution in [2.45, 2.75) is 231 Å². The summed E-state index contributed by atoms with van der Waals surface area (Å²) in [7, 11) is 0. The van der Waals surface area contributed by atoms with Crippen molar-refractivity contribution in [3.8, 4) is 0 Å². The zero-order chi connectivity index (χ0) is 39.4. The molecule has 6 nitrogen and oxygen atoms in total. The minimum Gasteiger partial charge on any atom is -0.466 e. The van der Waals surface area contributed by atoms with Crippen molar-refractivity contribution >= 4 is 11.9 Å². The molecule has 2 unspecified atom stereocenters. The van der Waals surface area contributed by atoms with Crippen LogP contribution in [-0.2, 0) is 14.3 Å². The van der Waals surface area contributed by atoms with Crippen LogP contribution in [0.15, 0.2) is 48.6 Å². The van der Waals surface area contributed by atoms with Crippen LogP contribution >= 0.6 is 0 Å². The predicted molar refractivity (Wildman–Crippen MR) is 232 cm³/mol. The van der Waals surface area contributed by atoms with Crippen molar-refractivity contribution in [1.29, 1.82) is 0 Å². The first-order valence-electron chi connectivity index (χ1n) is 22.9. The Kier molecular flexibility index (Phi) is 41.8. The molecule has 0 aliphatic rings. The Morgan fingerprint density at radius 3 is 1.50 bits per heavy atom. The summed E-state index contributed by atoms with van der Waals surface area (Å²) in [5.74, 6) is -0.178. The first-order chi connectivity index (χ1) is 26.5. The molecule has 0 saturated carbocycles. The summed E-state index contributed by atoms with van der Waals surface area (Å²) in [5.41, 5.74) is 0. The molecule has 0 aliphatic carbocycles. The van der Waals surface area contributed by atoms with Crippen LogP contribution in [0, 0.1) is 0 Å². The van der Waals surface area contributed by atoms with Crippen molar-refractivity contribution in [2.24, 2.45) is 0 Å². The maximum Gasteiger partial charge on any atom is 0.305 e. The maximum atomic E-state index is 12.3. The van der Waals surface area contributed by atoms with Gasteiger partial charge in [-0.05, 0) is 83.5 Å². The number of hydrogen-bond acceptors (Lipinski definition) is 5. The van der Waals surface area contributed by atoms with Gasteiger partial charge < -0.3 is 20.3 Å². The van der Waals surface area contributed by atoms with Gasteiger partial charge in [0.05, 0.1) is 25.4 Å². The number of rotatable bonds is 41. The molecule has 6 heteroatoms.